The van der Waals surface area contributed by atoms with Crippen LogP contribution in [0.5, 0.6) is 5.75 Å². The Morgan fingerprint density at radius 1 is 1.16 bits per heavy atom. The van der Waals surface area contributed by atoms with Gasteiger partial charge >= 0.3 is 0 Å². The molecule has 0 aromatic heterocycles. The van der Waals surface area contributed by atoms with Crippen molar-refractivity contribution in [3.63, 3.8) is 0 Å². The van der Waals surface area contributed by atoms with E-state index in [1.165, 1.54) is 24.0 Å². The Balaban J connectivity index is 2.30. The number of rotatable bonds is 9. The van der Waals surface area contributed by atoms with E-state index in [-0.39, 0.29) is 0 Å². The number of nitrogens with one attached hydrogen (secondary N) is 1. The maximum atomic E-state index is 5.91. The molecule has 19 heavy (non-hydrogen) atoms. The van der Waals surface area contributed by atoms with Gasteiger partial charge in [0.15, 0.2) is 0 Å². The van der Waals surface area contributed by atoms with Crippen LogP contribution in [0.4, 0.5) is 0 Å². The SMILES string of the molecule is CCNCCCCCOc1cc(C(C)C)ccc1C. The van der Waals surface area contributed by atoms with E-state index in [0.29, 0.717) is 5.92 Å². The van der Waals surface area contributed by atoms with Gasteiger partial charge < -0.3 is 10.1 Å². The van der Waals surface area contributed by atoms with Crippen LogP contribution in [0.1, 0.15) is 57.1 Å². The zero-order chi connectivity index (χ0) is 14.1. The van der Waals surface area contributed by atoms with Gasteiger partial charge in [0.25, 0.3) is 0 Å². The van der Waals surface area contributed by atoms with Gasteiger partial charge in [0.1, 0.15) is 5.75 Å². The van der Waals surface area contributed by atoms with Crippen molar-refractivity contribution >= 4 is 0 Å². The summed E-state index contributed by atoms with van der Waals surface area (Å²) in [4.78, 5) is 0. The molecule has 0 aliphatic rings. The molecule has 0 bridgehead atoms. The van der Waals surface area contributed by atoms with Gasteiger partial charge in [-0.2, -0.15) is 0 Å². The van der Waals surface area contributed by atoms with Crippen molar-refractivity contribution in [2.45, 2.75) is 52.9 Å². The second-order valence-electron chi connectivity index (χ2n) is 5.44. The molecule has 0 radical (unpaired) electrons. The highest BCUT2D eigenvalue weighted by atomic mass is 16.5. The highest BCUT2D eigenvalue weighted by Gasteiger charge is 2.04. The molecule has 0 unspecified atom stereocenters. The second-order valence-corrected chi connectivity index (χ2v) is 5.44. The van der Waals surface area contributed by atoms with Crippen LogP contribution in [0, 0.1) is 6.92 Å². The molecule has 1 aromatic carbocycles. The molecule has 2 nitrogen and oxygen atoms in total. The molecule has 0 aliphatic carbocycles. The lowest BCUT2D eigenvalue weighted by Gasteiger charge is -2.12. The Labute approximate surface area is 118 Å². The highest BCUT2D eigenvalue weighted by Crippen LogP contribution is 2.24. The standard InChI is InChI=1S/C17H29NO/c1-5-18-11-7-6-8-12-19-17-13-16(14(2)3)10-9-15(17)4/h9-10,13-14,18H,5-8,11-12H2,1-4H3. The van der Waals surface area contributed by atoms with E-state index in [9.17, 15) is 0 Å². The molecule has 0 amide bonds. The molecule has 1 N–H and O–H groups in total. The van der Waals surface area contributed by atoms with Crippen molar-refractivity contribution < 1.29 is 4.74 Å². The summed E-state index contributed by atoms with van der Waals surface area (Å²) in [6, 6.07) is 6.55. The van der Waals surface area contributed by atoms with E-state index >= 15 is 0 Å². The summed E-state index contributed by atoms with van der Waals surface area (Å²) >= 11 is 0. The maximum Gasteiger partial charge on any atom is 0.122 e. The lowest BCUT2D eigenvalue weighted by molar-refractivity contribution is 0.302. The summed E-state index contributed by atoms with van der Waals surface area (Å²) in [6.07, 6.45) is 3.61. The summed E-state index contributed by atoms with van der Waals surface area (Å²) in [5.41, 5.74) is 2.59. The lowest BCUT2D eigenvalue weighted by atomic mass is 10.0. The van der Waals surface area contributed by atoms with Crippen LogP contribution in [0.15, 0.2) is 18.2 Å². The van der Waals surface area contributed by atoms with Crippen molar-refractivity contribution in [2.24, 2.45) is 0 Å². The van der Waals surface area contributed by atoms with E-state index in [4.69, 9.17) is 4.74 Å². The third kappa shape index (κ3) is 6.11. The highest BCUT2D eigenvalue weighted by molar-refractivity contribution is 5.37. The first-order valence-corrected chi connectivity index (χ1v) is 7.59. The first-order valence-electron chi connectivity index (χ1n) is 7.59. The topological polar surface area (TPSA) is 21.3 Å². The van der Waals surface area contributed by atoms with Crippen molar-refractivity contribution in [3.05, 3.63) is 29.3 Å². The molecule has 108 valence electrons. The Kier molecular flexibility index (Phi) is 7.57. The zero-order valence-electron chi connectivity index (χ0n) is 13.0. The van der Waals surface area contributed by atoms with Crippen LogP contribution in [0.2, 0.25) is 0 Å². The first-order chi connectivity index (χ1) is 9.15. The predicted molar refractivity (Wildman–Crippen MR) is 83.2 cm³/mol. The summed E-state index contributed by atoms with van der Waals surface area (Å²) < 4.78 is 5.91. The Bertz CT molecular complexity index is 360. The summed E-state index contributed by atoms with van der Waals surface area (Å²) in [6.45, 7) is 11.7. The van der Waals surface area contributed by atoms with E-state index in [2.05, 4.69) is 51.2 Å². The van der Waals surface area contributed by atoms with Crippen molar-refractivity contribution in [2.75, 3.05) is 19.7 Å². The molecule has 2 heteroatoms. The van der Waals surface area contributed by atoms with Gasteiger partial charge in [-0.15, -0.1) is 0 Å². The quantitative estimate of drug-likeness (QED) is 0.672. The minimum Gasteiger partial charge on any atom is -0.493 e. The van der Waals surface area contributed by atoms with Gasteiger partial charge in [0, 0.05) is 0 Å². The number of aryl methyl sites for hydroxylation is 1. The number of ether oxygens (including phenoxy) is 1. The van der Waals surface area contributed by atoms with Gasteiger partial charge in [0.05, 0.1) is 6.61 Å². The van der Waals surface area contributed by atoms with Crippen LogP contribution >= 0.6 is 0 Å². The number of hydrogen-bond donors (Lipinski definition) is 1. The molecular formula is C17H29NO. The van der Waals surface area contributed by atoms with Gasteiger partial charge in [0.2, 0.25) is 0 Å². The molecule has 0 heterocycles. The Morgan fingerprint density at radius 2 is 1.95 bits per heavy atom. The largest absolute Gasteiger partial charge is 0.493 e. The first kappa shape index (κ1) is 16.0. The average Bonchev–Trinajstić information content (AvgIpc) is 2.39. The van der Waals surface area contributed by atoms with Crippen LogP contribution in [0.3, 0.4) is 0 Å². The van der Waals surface area contributed by atoms with Gasteiger partial charge in [-0.05, 0) is 62.4 Å². The van der Waals surface area contributed by atoms with E-state index < -0.39 is 0 Å². The summed E-state index contributed by atoms with van der Waals surface area (Å²) in [5, 5.41) is 3.35. The third-order valence-corrected chi connectivity index (χ3v) is 3.38. The fraction of sp³-hybridized carbons (Fsp3) is 0.647. The maximum absolute atomic E-state index is 5.91. The van der Waals surface area contributed by atoms with Crippen molar-refractivity contribution in [3.8, 4) is 5.75 Å². The molecule has 0 aliphatic heterocycles. The minimum absolute atomic E-state index is 0.558. The van der Waals surface area contributed by atoms with Crippen molar-refractivity contribution in [1.82, 2.24) is 5.32 Å². The third-order valence-electron chi connectivity index (χ3n) is 3.38. The molecule has 1 rings (SSSR count). The molecule has 0 fully saturated rings. The van der Waals surface area contributed by atoms with E-state index in [0.717, 1.165) is 31.9 Å². The number of hydrogen-bond acceptors (Lipinski definition) is 2. The van der Waals surface area contributed by atoms with Crippen LogP contribution in [-0.2, 0) is 0 Å². The second kappa shape index (κ2) is 8.98. The lowest BCUT2D eigenvalue weighted by Crippen LogP contribution is -2.14. The fourth-order valence-electron chi connectivity index (χ4n) is 2.02. The molecule has 0 atom stereocenters. The van der Waals surface area contributed by atoms with Gasteiger partial charge in [-0.1, -0.05) is 32.9 Å². The normalized spacial score (nSPS) is 11.0. The number of benzene rings is 1. The van der Waals surface area contributed by atoms with Crippen LogP contribution < -0.4 is 10.1 Å². The van der Waals surface area contributed by atoms with E-state index in [1.807, 2.05) is 0 Å². The molecule has 0 saturated heterocycles. The summed E-state index contributed by atoms with van der Waals surface area (Å²) in [5.74, 6) is 1.61. The molecule has 0 saturated carbocycles. The molecule has 0 spiro atoms. The monoisotopic (exact) mass is 263 g/mol. The van der Waals surface area contributed by atoms with Gasteiger partial charge in [-0.3, -0.25) is 0 Å². The van der Waals surface area contributed by atoms with Gasteiger partial charge in [-0.25, -0.2) is 0 Å². The van der Waals surface area contributed by atoms with Crippen LogP contribution in [-0.4, -0.2) is 19.7 Å². The number of unbranched alkanes of at least 4 members (excludes halogenated alkanes) is 2. The molecule has 1 aromatic rings. The van der Waals surface area contributed by atoms with Crippen molar-refractivity contribution in [1.29, 1.82) is 0 Å². The van der Waals surface area contributed by atoms with Crippen LogP contribution in [0.25, 0.3) is 0 Å². The predicted octanol–water partition coefficient (Wildman–Crippen LogP) is 4.28. The minimum atomic E-state index is 0.558. The molecular weight excluding hydrogens is 234 g/mol. The zero-order valence-corrected chi connectivity index (χ0v) is 13.0. The van der Waals surface area contributed by atoms with E-state index in [1.54, 1.807) is 0 Å². The summed E-state index contributed by atoms with van der Waals surface area (Å²) in [7, 11) is 0. The average molecular weight is 263 g/mol. The Morgan fingerprint density at radius 3 is 2.63 bits per heavy atom. The Hall–Kier alpha value is -1.02. The smallest absolute Gasteiger partial charge is 0.122 e. The fourth-order valence-corrected chi connectivity index (χ4v) is 2.02.